The van der Waals surface area contributed by atoms with Crippen molar-refractivity contribution < 1.29 is 9.50 Å². The summed E-state index contributed by atoms with van der Waals surface area (Å²) in [7, 11) is 0. The van der Waals surface area contributed by atoms with E-state index in [9.17, 15) is 9.50 Å². The number of hydrogen-bond donors (Lipinski definition) is 2. The Kier molecular flexibility index (Phi) is 4.14. The topological polar surface area (TPSA) is 58.0 Å². The standard InChI is InChI=1S/C17H16FN3O/c18-13-5-8-16-15(10-13)17(21-11-20-16)19-9-1-2-12-3-6-14(22)7-4-12/h3-8,10-11,22H,1-2,9H2,(H,19,20,21). The van der Waals surface area contributed by atoms with E-state index < -0.39 is 0 Å². The molecule has 0 aliphatic rings. The maximum Gasteiger partial charge on any atom is 0.137 e. The highest BCUT2D eigenvalue weighted by atomic mass is 19.1. The predicted molar refractivity (Wildman–Crippen MR) is 84.4 cm³/mol. The van der Waals surface area contributed by atoms with Crippen LogP contribution in [0.5, 0.6) is 5.75 Å². The molecule has 0 radical (unpaired) electrons. The lowest BCUT2D eigenvalue weighted by molar-refractivity contribution is 0.475. The first-order valence-corrected chi connectivity index (χ1v) is 7.14. The Balaban J connectivity index is 1.62. The molecule has 3 aromatic rings. The zero-order valence-corrected chi connectivity index (χ0v) is 12.0. The Bertz CT molecular complexity index is 774. The number of rotatable bonds is 5. The Morgan fingerprint density at radius 2 is 1.86 bits per heavy atom. The van der Waals surface area contributed by atoms with E-state index in [1.165, 1.54) is 18.5 Å². The summed E-state index contributed by atoms with van der Waals surface area (Å²) in [5, 5.41) is 13.2. The molecule has 5 heteroatoms. The molecule has 0 amide bonds. The third kappa shape index (κ3) is 3.31. The zero-order valence-electron chi connectivity index (χ0n) is 12.0. The van der Waals surface area contributed by atoms with Crippen molar-refractivity contribution in [3.63, 3.8) is 0 Å². The molecule has 22 heavy (non-hydrogen) atoms. The molecule has 1 aromatic heterocycles. The van der Waals surface area contributed by atoms with E-state index in [-0.39, 0.29) is 11.6 Å². The highest BCUT2D eigenvalue weighted by molar-refractivity contribution is 5.88. The lowest BCUT2D eigenvalue weighted by atomic mass is 10.1. The molecular weight excluding hydrogens is 281 g/mol. The zero-order chi connectivity index (χ0) is 15.4. The molecule has 2 N–H and O–H groups in total. The van der Waals surface area contributed by atoms with Gasteiger partial charge in [-0.1, -0.05) is 12.1 Å². The van der Waals surface area contributed by atoms with Gasteiger partial charge in [-0.2, -0.15) is 0 Å². The van der Waals surface area contributed by atoms with Crippen LogP contribution in [-0.2, 0) is 6.42 Å². The van der Waals surface area contributed by atoms with E-state index in [1.54, 1.807) is 18.2 Å². The Labute approximate surface area is 127 Å². The van der Waals surface area contributed by atoms with Gasteiger partial charge in [0, 0.05) is 11.9 Å². The molecule has 0 saturated heterocycles. The van der Waals surface area contributed by atoms with Crippen LogP contribution >= 0.6 is 0 Å². The van der Waals surface area contributed by atoms with Crippen LogP contribution in [-0.4, -0.2) is 21.6 Å². The van der Waals surface area contributed by atoms with Crippen molar-refractivity contribution in [3.05, 3.63) is 60.2 Å². The highest BCUT2D eigenvalue weighted by Crippen LogP contribution is 2.20. The molecule has 0 fully saturated rings. The third-order valence-corrected chi connectivity index (χ3v) is 3.47. The monoisotopic (exact) mass is 297 g/mol. The molecule has 0 aliphatic heterocycles. The predicted octanol–water partition coefficient (Wildman–Crippen LogP) is 3.52. The number of phenols is 1. The van der Waals surface area contributed by atoms with Crippen molar-refractivity contribution in [1.29, 1.82) is 0 Å². The van der Waals surface area contributed by atoms with Crippen LogP contribution in [0.2, 0.25) is 0 Å². The van der Waals surface area contributed by atoms with Gasteiger partial charge in [0.25, 0.3) is 0 Å². The van der Waals surface area contributed by atoms with E-state index in [1.807, 2.05) is 12.1 Å². The van der Waals surface area contributed by atoms with Gasteiger partial charge < -0.3 is 10.4 Å². The van der Waals surface area contributed by atoms with Gasteiger partial charge in [0.2, 0.25) is 0 Å². The number of aromatic nitrogens is 2. The molecule has 112 valence electrons. The number of hydrogen-bond acceptors (Lipinski definition) is 4. The van der Waals surface area contributed by atoms with Crippen LogP contribution in [0.3, 0.4) is 0 Å². The van der Waals surface area contributed by atoms with Crippen molar-refractivity contribution >= 4 is 16.7 Å². The van der Waals surface area contributed by atoms with Gasteiger partial charge in [0.05, 0.1) is 5.52 Å². The second kappa shape index (κ2) is 6.39. The number of nitrogens with one attached hydrogen (secondary N) is 1. The van der Waals surface area contributed by atoms with Gasteiger partial charge in [-0.15, -0.1) is 0 Å². The van der Waals surface area contributed by atoms with Crippen molar-refractivity contribution in [1.82, 2.24) is 9.97 Å². The molecule has 0 aliphatic carbocycles. The first-order valence-electron chi connectivity index (χ1n) is 7.14. The number of anilines is 1. The molecule has 1 heterocycles. The molecule has 3 rings (SSSR count). The van der Waals surface area contributed by atoms with Gasteiger partial charge >= 0.3 is 0 Å². The lowest BCUT2D eigenvalue weighted by Gasteiger charge is -2.08. The normalized spacial score (nSPS) is 10.8. The maximum atomic E-state index is 13.4. The summed E-state index contributed by atoms with van der Waals surface area (Å²) in [6.07, 6.45) is 3.28. The summed E-state index contributed by atoms with van der Waals surface area (Å²) < 4.78 is 13.4. The van der Waals surface area contributed by atoms with E-state index in [4.69, 9.17) is 0 Å². The van der Waals surface area contributed by atoms with Gasteiger partial charge in [-0.25, -0.2) is 14.4 Å². The van der Waals surface area contributed by atoms with Gasteiger partial charge in [-0.05, 0) is 48.7 Å². The van der Waals surface area contributed by atoms with Gasteiger partial charge in [-0.3, -0.25) is 0 Å². The summed E-state index contributed by atoms with van der Waals surface area (Å²) in [6, 6.07) is 11.7. The maximum absolute atomic E-state index is 13.4. The average molecular weight is 297 g/mol. The molecule has 0 atom stereocenters. The van der Waals surface area contributed by atoms with Gasteiger partial charge in [0.15, 0.2) is 0 Å². The summed E-state index contributed by atoms with van der Waals surface area (Å²) >= 11 is 0. The highest BCUT2D eigenvalue weighted by Gasteiger charge is 2.04. The fraction of sp³-hybridized carbons (Fsp3) is 0.176. The second-order valence-electron chi connectivity index (χ2n) is 5.08. The SMILES string of the molecule is Oc1ccc(CCCNc2ncnc3ccc(F)cc23)cc1. The Morgan fingerprint density at radius 3 is 2.68 bits per heavy atom. The largest absolute Gasteiger partial charge is 0.508 e. The summed E-state index contributed by atoms with van der Waals surface area (Å²) in [5.41, 5.74) is 1.88. The lowest BCUT2D eigenvalue weighted by Crippen LogP contribution is -2.05. The molecule has 4 nitrogen and oxygen atoms in total. The van der Waals surface area contributed by atoms with Crippen molar-refractivity contribution in [3.8, 4) is 5.75 Å². The number of nitrogens with zero attached hydrogens (tertiary/aromatic N) is 2. The van der Waals surface area contributed by atoms with Crippen LogP contribution in [0.15, 0.2) is 48.8 Å². The van der Waals surface area contributed by atoms with Crippen LogP contribution < -0.4 is 5.32 Å². The minimum absolute atomic E-state index is 0.274. The molecule has 0 bridgehead atoms. The van der Waals surface area contributed by atoms with Crippen LogP contribution in [0.25, 0.3) is 10.9 Å². The smallest absolute Gasteiger partial charge is 0.137 e. The Hall–Kier alpha value is -2.69. The number of benzene rings is 2. The molecule has 0 saturated carbocycles. The van der Waals surface area contributed by atoms with E-state index in [2.05, 4.69) is 15.3 Å². The van der Waals surface area contributed by atoms with Crippen molar-refractivity contribution in [2.45, 2.75) is 12.8 Å². The van der Waals surface area contributed by atoms with E-state index in [0.29, 0.717) is 11.2 Å². The minimum Gasteiger partial charge on any atom is -0.508 e. The fourth-order valence-corrected chi connectivity index (χ4v) is 2.33. The van der Waals surface area contributed by atoms with Crippen molar-refractivity contribution in [2.24, 2.45) is 0 Å². The van der Waals surface area contributed by atoms with Crippen LogP contribution in [0.1, 0.15) is 12.0 Å². The molecular formula is C17H16FN3O. The van der Waals surface area contributed by atoms with Crippen molar-refractivity contribution in [2.75, 3.05) is 11.9 Å². The van der Waals surface area contributed by atoms with E-state index in [0.717, 1.165) is 30.5 Å². The molecule has 0 unspecified atom stereocenters. The molecule has 2 aromatic carbocycles. The average Bonchev–Trinajstić information content (AvgIpc) is 2.53. The van der Waals surface area contributed by atoms with E-state index >= 15 is 0 Å². The quantitative estimate of drug-likeness (QED) is 0.707. The summed E-state index contributed by atoms with van der Waals surface area (Å²) in [5.74, 6) is 0.626. The first kappa shape index (κ1) is 14.3. The second-order valence-corrected chi connectivity index (χ2v) is 5.08. The van der Waals surface area contributed by atoms with Gasteiger partial charge in [0.1, 0.15) is 23.7 Å². The third-order valence-electron chi connectivity index (χ3n) is 3.47. The number of aryl methyl sites for hydroxylation is 1. The molecule has 0 spiro atoms. The first-order chi connectivity index (χ1) is 10.7. The number of aromatic hydroxyl groups is 1. The number of phenolic OH excluding ortho intramolecular Hbond substituents is 1. The summed E-state index contributed by atoms with van der Waals surface area (Å²) in [4.78, 5) is 8.31. The number of fused-ring (bicyclic) bond motifs is 1. The summed E-state index contributed by atoms with van der Waals surface area (Å²) in [6.45, 7) is 0.726. The fourth-order valence-electron chi connectivity index (χ4n) is 2.33. The minimum atomic E-state index is -0.297. The Morgan fingerprint density at radius 1 is 1.05 bits per heavy atom. The van der Waals surface area contributed by atoms with Crippen LogP contribution in [0.4, 0.5) is 10.2 Å². The van der Waals surface area contributed by atoms with Crippen LogP contribution in [0, 0.1) is 5.82 Å². The number of halogens is 1.